The van der Waals surface area contributed by atoms with Crippen LogP contribution in [-0.4, -0.2) is 43.4 Å². The van der Waals surface area contributed by atoms with Crippen LogP contribution in [0, 0.1) is 0 Å². The summed E-state index contributed by atoms with van der Waals surface area (Å²) >= 11 is 3.05. The van der Waals surface area contributed by atoms with Crippen molar-refractivity contribution in [3.05, 3.63) is 46.8 Å². The predicted molar refractivity (Wildman–Crippen MR) is 118 cm³/mol. The van der Waals surface area contributed by atoms with Gasteiger partial charge < -0.3 is 14.0 Å². The first-order valence-electron chi connectivity index (χ1n) is 9.27. The Hall–Kier alpha value is -2.30. The fraction of sp³-hybridized carbons (Fsp3) is 0.300. The van der Waals surface area contributed by atoms with Crippen molar-refractivity contribution in [2.24, 2.45) is 4.99 Å². The number of sulfone groups is 1. The summed E-state index contributed by atoms with van der Waals surface area (Å²) in [6, 6.07) is 9.99. The molecule has 0 atom stereocenters. The average molecular weight is 465 g/mol. The molecule has 0 saturated carbocycles. The van der Waals surface area contributed by atoms with Crippen LogP contribution < -0.4 is 14.3 Å². The lowest BCUT2D eigenvalue weighted by atomic mass is 10.2. The number of nitrogens with zero attached hydrogens (tertiary/aromatic N) is 2. The number of hydrogen-bond acceptors (Lipinski definition) is 7. The highest BCUT2D eigenvalue weighted by Gasteiger charge is 2.21. The Balaban J connectivity index is 1.86. The number of amides is 1. The summed E-state index contributed by atoms with van der Waals surface area (Å²) in [6.07, 6.45) is 2.01. The Morgan fingerprint density at radius 1 is 1.23 bits per heavy atom. The van der Waals surface area contributed by atoms with E-state index in [0.717, 1.165) is 16.0 Å². The molecule has 1 aliphatic heterocycles. The van der Waals surface area contributed by atoms with Gasteiger partial charge in [0.1, 0.15) is 0 Å². The van der Waals surface area contributed by atoms with E-state index in [-0.39, 0.29) is 23.0 Å². The number of aromatic nitrogens is 1. The second kappa shape index (κ2) is 8.44. The average Bonchev–Trinajstić information content (AvgIpc) is 3.33. The summed E-state index contributed by atoms with van der Waals surface area (Å²) in [5, 5.41) is 0. The molecule has 0 unspecified atom stereocenters. The largest absolute Gasteiger partial charge is 0.454 e. The number of carbonyl (C=O) groups is 1. The van der Waals surface area contributed by atoms with Crippen molar-refractivity contribution >= 4 is 49.1 Å². The fourth-order valence-electron chi connectivity index (χ4n) is 3.16. The van der Waals surface area contributed by atoms with Crippen LogP contribution >= 0.6 is 23.1 Å². The van der Waals surface area contributed by atoms with E-state index in [1.807, 2.05) is 23.0 Å². The zero-order valence-electron chi connectivity index (χ0n) is 16.5. The van der Waals surface area contributed by atoms with Gasteiger partial charge in [0.15, 0.2) is 26.1 Å². The maximum absolute atomic E-state index is 13.0. The lowest BCUT2D eigenvalue weighted by Gasteiger charge is -2.06. The highest BCUT2D eigenvalue weighted by Crippen LogP contribution is 2.37. The van der Waals surface area contributed by atoms with Crippen molar-refractivity contribution in [3.63, 3.8) is 0 Å². The SMILES string of the molecule is CCS(=O)(=O)c1ccccc1C(=O)N=c1sc2cc3c(cc2n1CCSC)OCO3. The molecule has 0 aliphatic carbocycles. The molecule has 0 fully saturated rings. The highest BCUT2D eigenvalue weighted by atomic mass is 32.2. The van der Waals surface area contributed by atoms with Crippen LogP contribution in [0.2, 0.25) is 0 Å². The second-order valence-electron chi connectivity index (χ2n) is 6.52. The molecular weight excluding hydrogens is 444 g/mol. The smallest absolute Gasteiger partial charge is 0.280 e. The molecule has 4 rings (SSSR count). The number of thiazole rings is 1. The summed E-state index contributed by atoms with van der Waals surface area (Å²) in [4.78, 5) is 17.9. The molecule has 1 aliphatic rings. The van der Waals surface area contributed by atoms with Crippen LogP contribution in [0.3, 0.4) is 0 Å². The molecule has 1 aromatic heterocycles. The number of ether oxygens (including phenoxy) is 2. The zero-order chi connectivity index (χ0) is 21.3. The molecule has 0 bridgehead atoms. The van der Waals surface area contributed by atoms with Crippen LogP contribution in [0.5, 0.6) is 11.5 Å². The molecule has 7 nitrogen and oxygen atoms in total. The first-order chi connectivity index (χ1) is 14.4. The number of hydrogen-bond donors (Lipinski definition) is 0. The summed E-state index contributed by atoms with van der Waals surface area (Å²) in [5.41, 5.74) is 0.988. The van der Waals surface area contributed by atoms with E-state index in [2.05, 4.69) is 4.99 Å². The maximum atomic E-state index is 13.0. The molecule has 0 saturated heterocycles. The van der Waals surface area contributed by atoms with Gasteiger partial charge in [-0.3, -0.25) is 4.79 Å². The molecule has 10 heteroatoms. The molecule has 3 aromatic rings. The summed E-state index contributed by atoms with van der Waals surface area (Å²) in [6.45, 7) is 2.40. The molecule has 0 spiro atoms. The number of rotatable bonds is 6. The minimum Gasteiger partial charge on any atom is -0.454 e. The van der Waals surface area contributed by atoms with Crippen LogP contribution in [0.4, 0.5) is 0 Å². The van der Waals surface area contributed by atoms with E-state index >= 15 is 0 Å². The van der Waals surface area contributed by atoms with Crippen molar-refractivity contribution in [2.75, 3.05) is 24.6 Å². The van der Waals surface area contributed by atoms with Gasteiger partial charge in [-0.1, -0.05) is 30.4 Å². The van der Waals surface area contributed by atoms with Gasteiger partial charge in [-0.15, -0.1) is 0 Å². The van der Waals surface area contributed by atoms with E-state index in [1.165, 1.54) is 23.5 Å². The highest BCUT2D eigenvalue weighted by molar-refractivity contribution is 7.98. The van der Waals surface area contributed by atoms with E-state index in [1.54, 1.807) is 30.8 Å². The van der Waals surface area contributed by atoms with Crippen LogP contribution in [0.1, 0.15) is 17.3 Å². The standard InChI is InChI=1S/C20H20N2O5S3/c1-3-30(24,25)18-7-5-4-6-13(18)19(23)21-20-22(8-9-28-2)14-10-15-16(27-12-26-15)11-17(14)29-20/h4-7,10-11H,3,8-9,12H2,1-2H3. The summed E-state index contributed by atoms with van der Waals surface area (Å²) in [7, 11) is -3.54. The lowest BCUT2D eigenvalue weighted by Crippen LogP contribution is -2.19. The molecule has 1 amide bonds. The van der Waals surface area contributed by atoms with Gasteiger partial charge in [-0.25, -0.2) is 8.42 Å². The normalized spacial score (nSPS) is 13.9. The molecular formula is C20H20N2O5S3. The maximum Gasteiger partial charge on any atom is 0.280 e. The van der Waals surface area contributed by atoms with Gasteiger partial charge >= 0.3 is 0 Å². The van der Waals surface area contributed by atoms with Crippen LogP contribution in [0.15, 0.2) is 46.3 Å². The van der Waals surface area contributed by atoms with Gasteiger partial charge in [0, 0.05) is 24.4 Å². The van der Waals surface area contributed by atoms with E-state index < -0.39 is 15.7 Å². The molecule has 0 radical (unpaired) electrons. The van der Waals surface area contributed by atoms with Crippen molar-refractivity contribution < 1.29 is 22.7 Å². The van der Waals surface area contributed by atoms with Gasteiger partial charge in [0.25, 0.3) is 5.91 Å². The number of aryl methyl sites for hydroxylation is 1. The number of carbonyl (C=O) groups excluding carboxylic acids is 1. The first kappa shape index (κ1) is 21.0. The van der Waals surface area contributed by atoms with Gasteiger partial charge in [-0.2, -0.15) is 16.8 Å². The molecule has 30 heavy (non-hydrogen) atoms. The van der Waals surface area contributed by atoms with E-state index in [0.29, 0.717) is 22.8 Å². The lowest BCUT2D eigenvalue weighted by molar-refractivity contribution is 0.0994. The van der Waals surface area contributed by atoms with Crippen molar-refractivity contribution in [2.45, 2.75) is 18.4 Å². The third-order valence-corrected chi connectivity index (χ3v) is 8.14. The minimum atomic E-state index is -3.54. The Morgan fingerprint density at radius 2 is 1.97 bits per heavy atom. The van der Waals surface area contributed by atoms with Crippen LogP contribution in [-0.2, 0) is 16.4 Å². The molecule has 158 valence electrons. The number of benzene rings is 2. The Labute approximate surface area is 182 Å². The summed E-state index contributed by atoms with van der Waals surface area (Å²) < 4.78 is 38.7. The number of thioether (sulfide) groups is 1. The van der Waals surface area contributed by atoms with E-state index in [9.17, 15) is 13.2 Å². The van der Waals surface area contributed by atoms with Gasteiger partial charge in [0.05, 0.1) is 26.4 Å². The molecule has 0 N–H and O–H groups in total. The third kappa shape index (κ3) is 3.86. The fourth-order valence-corrected chi connectivity index (χ4v) is 5.68. The second-order valence-corrected chi connectivity index (χ2v) is 10.8. The summed E-state index contributed by atoms with van der Waals surface area (Å²) in [5.74, 6) is 1.50. The van der Waals surface area contributed by atoms with Gasteiger partial charge in [-0.05, 0) is 18.4 Å². The van der Waals surface area contributed by atoms with Crippen molar-refractivity contribution in [3.8, 4) is 11.5 Å². The topological polar surface area (TPSA) is 87.0 Å². The molecule has 2 heterocycles. The predicted octanol–water partition coefficient (Wildman–Crippen LogP) is 3.33. The third-order valence-electron chi connectivity index (χ3n) is 4.73. The Kier molecular flexibility index (Phi) is 5.90. The van der Waals surface area contributed by atoms with Crippen LogP contribution in [0.25, 0.3) is 10.2 Å². The van der Waals surface area contributed by atoms with Crippen molar-refractivity contribution in [1.29, 1.82) is 0 Å². The Bertz CT molecular complexity index is 1290. The van der Waals surface area contributed by atoms with Crippen molar-refractivity contribution in [1.82, 2.24) is 4.57 Å². The molecule has 2 aromatic carbocycles. The zero-order valence-corrected chi connectivity index (χ0v) is 18.9. The first-order valence-corrected chi connectivity index (χ1v) is 13.1. The van der Waals surface area contributed by atoms with E-state index in [4.69, 9.17) is 9.47 Å². The quantitative estimate of drug-likeness (QED) is 0.556. The monoisotopic (exact) mass is 464 g/mol. The van der Waals surface area contributed by atoms with Gasteiger partial charge in [0.2, 0.25) is 6.79 Å². The number of fused-ring (bicyclic) bond motifs is 2. The Morgan fingerprint density at radius 3 is 2.70 bits per heavy atom. The minimum absolute atomic E-state index is 0.0128.